The topological polar surface area (TPSA) is 111 Å². The number of amides is 1. The third-order valence-electron chi connectivity index (χ3n) is 2.07. The van der Waals surface area contributed by atoms with Crippen LogP contribution < -0.4 is 16.8 Å². The molecule has 5 N–H and O–H groups in total. The number of aliphatic imine (C=N–C) groups is 1. The molecule has 1 aromatic carbocycles. The molecule has 0 saturated carbocycles. The molecule has 17 heavy (non-hydrogen) atoms. The molecule has 0 spiro atoms. The summed E-state index contributed by atoms with van der Waals surface area (Å²) in [5.41, 5.74) is 12.3. The first-order chi connectivity index (χ1) is 8.04. The van der Waals surface area contributed by atoms with Crippen LogP contribution in [0.1, 0.15) is 15.9 Å². The van der Waals surface area contributed by atoms with Crippen LogP contribution in [0.4, 0.5) is 5.69 Å². The number of benzene rings is 1. The van der Waals surface area contributed by atoms with Gasteiger partial charge in [-0.05, 0) is 24.6 Å². The van der Waals surface area contributed by atoms with Gasteiger partial charge in [-0.15, -0.1) is 0 Å². The molecule has 0 radical (unpaired) electrons. The van der Waals surface area contributed by atoms with Crippen LogP contribution in [0.2, 0.25) is 0 Å². The highest BCUT2D eigenvalue weighted by atomic mass is 16.2. The van der Waals surface area contributed by atoms with E-state index in [0.717, 1.165) is 5.56 Å². The van der Waals surface area contributed by atoms with E-state index in [1.807, 2.05) is 6.92 Å². The molecule has 0 bridgehead atoms. The van der Waals surface area contributed by atoms with E-state index in [0.29, 0.717) is 17.5 Å². The maximum Gasteiger partial charge on any atom is 0.251 e. The molecule has 0 atom stereocenters. The Morgan fingerprint density at radius 3 is 2.76 bits per heavy atom. The molecule has 0 aliphatic heterocycles. The number of carbonyl (C=O) groups excluding carboxylic acids is 2. The maximum atomic E-state index is 11.6. The van der Waals surface area contributed by atoms with Gasteiger partial charge < -0.3 is 21.6 Å². The molecule has 0 aliphatic rings. The predicted molar refractivity (Wildman–Crippen MR) is 65.0 cm³/mol. The monoisotopic (exact) mass is 234 g/mol. The van der Waals surface area contributed by atoms with Gasteiger partial charge >= 0.3 is 0 Å². The van der Waals surface area contributed by atoms with Gasteiger partial charge in [0.15, 0.2) is 5.96 Å². The van der Waals surface area contributed by atoms with Crippen LogP contribution in [-0.2, 0) is 4.79 Å². The van der Waals surface area contributed by atoms with Gasteiger partial charge in [0.2, 0.25) is 0 Å². The van der Waals surface area contributed by atoms with Crippen LogP contribution in [0.5, 0.6) is 0 Å². The van der Waals surface area contributed by atoms with Crippen LogP contribution in [0.3, 0.4) is 0 Å². The minimum atomic E-state index is -0.343. The molecular weight excluding hydrogens is 220 g/mol. The second-order valence-corrected chi connectivity index (χ2v) is 3.41. The highest BCUT2D eigenvalue weighted by Gasteiger charge is 2.07. The van der Waals surface area contributed by atoms with E-state index >= 15 is 0 Å². The molecule has 1 aromatic rings. The molecule has 0 aromatic heterocycles. The van der Waals surface area contributed by atoms with Crippen molar-refractivity contribution in [2.45, 2.75) is 6.92 Å². The number of aldehydes is 1. The molecule has 90 valence electrons. The average molecular weight is 234 g/mol. The standard InChI is InChI=1S/C11H14N4O2/c1-7-2-3-8(10(17)14-4-5-16)6-9(7)15-11(12)13/h2-3,5-6H,4H2,1H3,(H,14,17)(H4,12,13,15). The molecule has 0 fully saturated rings. The number of hydrogen-bond donors (Lipinski definition) is 3. The summed E-state index contributed by atoms with van der Waals surface area (Å²) in [6.45, 7) is 1.80. The number of rotatable bonds is 4. The number of carbonyl (C=O) groups is 2. The van der Waals surface area contributed by atoms with Crippen LogP contribution in [0, 0.1) is 6.92 Å². The van der Waals surface area contributed by atoms with E-state index in [4.69, 9.17) is 11.5 Å². The highest BCUT2D eigenvalue weighted by Crippen LogP contribution is 2.19. The van der Waals surface area contributed by atoms with E-state index in [9.17, 15) is 9.59 Å². The molecule has 6 nitrogen and oxygen atoms in total. The summed E-state index contributed by atoms with van der Waals surface area (Å²) in [6.07, 6.45) is 0.614. The molecule has 6 heteroatoms. The Morgan fingerprint density at radius 1 is 1.47 bits per heavy atom. The van der Waals surface area contributed by atoms with Crippen LogP contribution in [-0.4, -0.2) is 24.7 Å². The Hall–Kier alpha value is -2.37. The first-order valence-electron chi connectivity index (χ1n) is 4.96. The minimum absolute atomic E-state index is 0.0235. The fraction of sp³-hybridized carbons (Fsp3) is 0.182. The summed E-state index contributed by atoms with van der Waals surface area (Å²) >= 11 is 0. The normalized spacial score (nSPS) is 9.47. The van der Waals surface area contributed by atoms with Gasteiger partial charge in [0.1, 0.15) is 6.29 Å². The van der Waals surface area contributed by atoms with Crippen molar-refractivity contribution in [1.29, 1.82) is 0 Å². The van der Waals surface area contributed by atoms with Gasteiger partial charge in [-0.3, -0.25) is 4.79 Å². The molecule has 1 amide bonds. The SMILES string of the molecule is Cc1ccc(C(=O)NCC=O)cc1N=C(N)N. The second kappa shape index (κ2) is 5.64. The zero-order chi connectivity index (χ0) is 12.8. The zero-order valence-corrected chi connectivity index (χ0v) is 9.43. The van der Waals surface area contributed by atoms with Crippen LogP contribution in [0.15, 0.2) is 23.2 Å². The lowest BCUT2D eigenvalue weighted by molar-refractivity contribution is -0.107. The van der Waals surface area contributed by atoms with Crippen LogP contribution in [0.25, 0.3) is 0 Å². The fourth-order valence-electron chi connectivity index (χ4n) is 1.25. The fourth-order valence-corrected chi connectivity index (χ4v) is 1.25. The van der Waals surface area contributed by atoms with Gasteiger partial charge in [0.05, 0.1) is 12.2 Å². The quantitative estimate of drug-likeness (QED) is 0.381. The van der Waals surface area contributed by atoms with Gasteiger partial charge in [0.25, 0.3) is 5.91 Å². The number of nitrogens with two attached hydrogens (primary N) is 2. The van der Waals surface area contributed by atoms with Crippen molar-refractivity contribution in [1.82, 2.24) is 5.32 Å². The van der Waals surface area contributed by atoms with E-state index < -0.39 is 0 Å². The molecule has 0 saturated heterocycles. The lowest BCUT2D eigenvalue weighted by Crippen LogP contribution is -2.25. The number of nitrogens with zero attached hydrogens (tertiary/aromatic N) is 1. The van der Waals surface area contributed by atoms with E-state index in [1.165, 1.54) is 0 Å². The first kappa shape index (κ1) is 12.7. The third-order valence-corrected chi connectivity index (χ3v) is 2.07. The lowest BCUT2D eigenvalue weighted by Gasteiger charge is -2.05. The summed E-state index contributed by atoms with van der Waals surface area (Å²) < 4.78 is 0. The molecule has 0 aliphatic carbocycles. The van der Waals surface area contributed by atoms with Crippen molar-refractivity contribution in [2.24, 2.45) is 16.5 Å². The van der Waals surface area contributed by atoms with Crippen molar-refractivity contribution in [2.75, 3.05) is 6.54 Å². The summed E-state index contributed by atoms with van der Waals surface area (Å²) in [6, 6.07) is 4.94. The highest BCUT2D eigenvalue weighted by molar-refractivity contribution is 5.96. The average Bonchev–Trinajstić information content (AvgIpc) is 2.28. The second-order valence-electron chi connectivity index (χ2n) is 3.41. The van der Waals surface area contributed by atoms with Crippen molar-refractivity contribution >= 4 is 23.8 Å². The van der Waals surface area contributed by atoms with Gasteiger partial charge in [-0.25, -0.2) is 4.99 Å². The molecule has 1 rings (SSSR count). The summed E-state index contributed by atoms with van der Waals surface area (Å²) in [4.78, 5) is 25.6. The van der Waals surface area contributed by atoms with E-state index in [1.54, 1.807) is 18.2 Å². The number of aryl methyl sites for hydroxylation is 1. The summed E-state index contributed by atoms with van der Waals surface area (Å²) in [5, 5.41) is 2.43. The molecular formula is C11H14N4O2. The van der Waals surface area contributed by atoms with Crippen molar-refractivity contribution in [3.8, 4) is 0 Å². The third kappa shape index (κ3) is 3.60. The Bertz CT molecular complexity index is 465. The Balaban J connectivity index is 2.99. The van der Waals surface area contributed by atoms with Crippen molar-refractivity contribution < 1.29 is 9.59 Å². The van der Waals surface area contributed by atoms with Crippen molar-refractivity contribution in [3.63, 3.8) is 0 Å². The van der Waals surface area contributed by atoms with E-state index in [2.05, 4.69) is 10.3 Å². The number of nitrogens with one attached hydrogen (secondary N) is 1. The first-order valence-corrected chi connectivity index (χ1v) is 4.96. The van der Waals surface area contributed by atoms with Gasteiger partial charge in [-0.1, -0.05) is 6.07 Å². The van der Waals surface area contributed by atoms with Gasteiger partial charge in [-0.2, -0.15) is 0 Å². The summed E-state index contributed by atoms with van der Waals surface area (Å²) in [7, 11) is 0. The van der Waals surface area contributed by atoms with Crippen LogP contribution >= 0.6 is 0 Å². The largest absolute Gasteiger partial charge is 0.370 e. The smallest absolute Gasteiger partial charge is 0.251 e. The Morgan fingerprint density at radius 2 is 2.18 bits per heavy atom. The Kier molecular flexibility index (Phi) is 4.21. The zero-order valence-electron chi connectivity index (χ0n) is 9.43. The molecule has 0 unspecified atom stereocenters. The molecule has 0 heterocycles. The predicted octanol–water partition coefficient (Wildman–Crippen LogP) is -0.171. The lowest BCUT2D eigenvalue weighted by atomic mass is 10.1. The van der Waals surface area contributed by atoms with Gasteiger partial charge in [0, 0.05) is 5.56 Å². The Labute approximate surface area is 98.7 Å². The van der Waals surface area contributed by atoms with Crippen molar-refractivity contribution in [3.05, 3.63) is 29.3 Å². The van der Waals surface area contributed by atoms with E-state index in [-0.39, 0.29) is 18.4 Å². The number of hydrogen-bond acceptors (Lipinski definition) is 3. The minimum Gasteiger partial charge on any atom is -0.370 e. The maximum absolute atomic E-state index is 11.6. The number of guanidine groups is 1. The summed E-state index contributed by atoms with van der Waals surface area (Å²) in [5.74, 6) is -0.414.